The first-order valence-corrected chi connectivity index (χ1v) is 14.7. The van der Waals surface area contributed by atoms with Gasteiger partial charge >= 0.3 is 5.97 Å². The second-order valence-electron chi connectivity index (χ2n) is 15.7. The summed E-state index contributed by atoms with van der Waals surface area (Å²) in [5, 5.41) is 0. The third-order valence-corrected chi connectivity index (χ3v) is 13.7. The van der Waals surface area contributed by atoms with Crippen LogP contribution in [0.3, 0.4) is 0 Å². The fraction of sp³-hybridized carbons (Fsp3) is 0.969. The topological polar surface area (TPSA) is 26.3 Å². The second-order valence-corrected chi connectivity index (χ2v) is 15.7. The van der Waals surface area contributed by atoms with Crippen molar-refractivity contribution in [1.82, 2.24) is 0 Å². The van der Waals surface area contributed by atoms with Crippen LogP contribution in [0.2, 0.25) is 0 Å². The minimum absolute atomic E-state index is 0.00800. The Morgan fingerprint density at radius 1 is 0.853 bits per heavy atom. The van der Waals surface area contributed by atoms with Crippen molar-refractivity contribution in [2.75, 3.05) is 7.11 Å². The highest BCUT2D eigenvalue weighted by Gasteiger charge is 2.69. The molecule has 0 radical (unpaired) electrons. The number of hydrogen-bond donors (Lipinski definition) is 0. The van der Waals surface area contributed by atoms with Crippen LogP contribution in [0, 0.1) is 56.2 Å². The van der Waals surface area contributed by atoms with Crippen molar-refractivity contribution in [3.8, 4) is 0 Å². The van der Waals surface area contributed by atoms with Gasteiger partial charge in [0, 0.05) is 0 Å². The smallest absolute Gasteiger partial charge is 0.308 e. The molecule has 2 nitrogen and oxygen atoms in total. The molecule has 9 unspecified atom stereocenters. The number of carbonyl (C=O) groups excluding carboxylic acids is 1. The SMILES string of the molecule is CCC1(C)CCC2C(C)(CCC3(C)C4CC(C)(C)CCC4(C)CCC23C)C1CC(C)C(=O)OC. The fourth-order valence-electron chi connectivity index (χ4n) is 10.8. The van der Waals surface area contributed by atoms with E-state index in [2.05, 4.69) is 62.3 Å². The molecule has 4 aliphatic carbocycles. The maximum absolute atomic E-state index is 12.5. The van der Waals surface area contributed by atoms with E-state index in [-0.39, 0.29) is 11.9 Å². The third-order valence-electron chi connectivity index (χ3n) is 13.7. The van der Waals surface area contributed by atoms with Crippen molar-refractivity contribution in [3.63, 3.8) is 0 Å². The van der Waals surface area contributed by atoms with Gasteiger partial charge in [-0.05, 0) is 114 Å². The number of rotatable bonds is 4. The quantitative estimate of drug-likeness (QED) is 0.381. The normalized spacial score (nSPS) is 50.9. The Kier molecular flexibility index (Phi) is 6.43. The highest BCUT2D eigenvalue weighted by Crippen LogP contribution is 2.77. The Morgan fingerprint density at radius 3 is 2.06 bits per heavy atom. The van der Waals surface area contributed by atoms with Gasteiger partial charge in [0.05, 0.1) is 13.0 Å². The summed E-state index contributed by atoms with van der Waals surface area (Å²) in [5.41, 5.74) is 2.49. The van der Waals surface area contributed by atoms with E-state index in [1.807, 2.05) is 0 Å². The molecule has 0 amide bonds. The Bertz CT molecular complexity index is 801. The second kappa shape index (κ2) is 8.24. The molecule has 4 aliphatic rings. The molecule has 0 N–H and O–H groups in total. The highest BCUT2D eigenvalue weighted by molar-refractivity contribution is 5.71. The van der Waals surface area contributed by atoms with E-state index in [9.17, 15) is 4.79 Å². The largest absolute Gasteiger partial charge is 0.469 e. The van der Waals surface area contributed by atoms with Crippen molar-refractivity contribution in [2.45, 2.75) is 133 Å². The van der Waals surface area contributed by atoms with Gasteiger partial charge < -0.3 is 4.74 Å². The zero-order chi connectivity index (χ0) is 25.4. The van der Waals surface area contributed by atoms with E-state index >= 15 is 0 Å². The Labute approximate surface area is 211 Å². The average Bonchev–Trinajstić information content (AvgIpc) is 2.78. The van der Waals surface area contributed by atoms with Crippen molar-refractivity contribution >= 4 is 5.97 Å². The third kappa shape index (κ3) is 3.65. The lowest BCUT2D eigenvalue weighted by Crippen LogP contribution is -2.66. The van der Waals surface area contributed by atoms with E-state index in [1.54, 1.807) is 7.11 Å². The molecule has 9 atom stereocenters. The number of esters is 1. The highest BCUT2D eigenvalue weighted by atomic mass is 16.5. The molecule has 0 aromatic rings. The van der Waals surface area contributed by atoms with Crippen molar-refractivity contribution < 1.29 is 9.53 Å². The van der Waals surface area contributed by atoms with Gasteiger partial charge in [-0.3, -0.25) is 4.79 Å². The van der Waals surface area contributed by atoms with E-state index in [0.29, 0.717) is 38.4 Å². The zero-order valence-electron chi connectivity index (χ0n) is 24.4. The molecule has 4 rings (SSSR count). The molecular formula is C32H56O2. The number of fused-ring (bicyclic) bond motifs is 5. The standard InChI is InChI=1S/C32H56O2/c1-11-28(5)13-12-23-30(7,24(28)20-22(2)26(33)34-10)17-19-32(9)25-21-27(3,4)14-15-29(25,6)16-18-31(23,32)8/h22-25H,11-21H2,1-10H3. The summed E-state index contributed by atoms with van der Waals surface area (Å²) in [4.78, 5) is 12.5. The molecule has 4 fully saturated rings. The van der Waals surface area contributed by atoms with Gasteiger partial charge in [-0.2, -0.15) is 0 Å². The summed E-state index contributed by atoms with van der Waals surface area (Å²) in [6.45, 7) is 22.9. The van der Waals surface area contributed by atoms with Crippen molar-refractivity contribution in [3.05, 3.63) is 0 Å². The van der Waals surface area contributed by atoms with Crippen LogP contribution in [0.1, 0.15) is 133 Å². The lowest BCUT2D eigenvalue weighted by Gasteiger charge is -2.74. The van der Waals surface area contributed by atoms with Crippen LogP contribution in [-0.2, 0) is 9.53 Å². The maximum atomic E-state index is 12.5. The van der Waals surface area contributed by atoms with Crippen LogP contribution < -0.4 is 0 Å². The van der Waals surface area contributed by atoms with Crippen LogP contribution in [0.4, 0.5) is 0 Å². The Balaban J connectivity index is 1.74. The minimum Gasteiger partial charge on any atom is -0.469 e. The predicted octanol–water partition coefficient (Wildman–Crippen LogP) is 9.07. The molecular weight excluding hydrogens is 416 g/mol. The summed E-state index contributed by atoms with van der Waals surface area (Å²) >= 11 is 0. The maximum Gasteiger partial charge on any atom is 0.308 e. The monoisotopic (exact) mass is 472 g/mol. The Morgan fingerprint density at radius 2 is 1.44 bits per heavy atom. The molecule has 0 bridgehead atoms. The van der Waals surface area contributed by atoms with Gasteiger partial charge in [0.15, 0.2) is 0 Å². The van der Waals surface area contributed by atoms with Crippen molar-refractivity contribution in [2.24, 2.45) is 56.2 Å². The van der Waals surface area contributed by atoms with E-state index in [4.69, 9.17) is 4.74 Å². The summed E-state index contributed by atoms with van der Waals surface area (Å²) in [6, 6.07) is 0. The lowest BCUT2D eigenvalue weighted by atomic mass is 9.31. The van der Waals surface area contributed by atoms with Gasteiger partial charge in [-0.1, -0.05) is 68.7 Å². The van der Waals surface area contributed by atoms with Gasteiger partial charge in [0.1, 0.15) is 0 Å². The average molecular weight is 473 g/mol. The Hall–Kier alpha value is -0.530. The summed E-state index contributed by atoms with van der Waals surface area (Å²) < 4.78 is 5.20. The summed E-state index contributed by atoms with van der Waals surface area (Å²) in [7, 11) is 1.56. The van der Waals surface area contributed by atoms with Gasteiger partial charge in [-0.25, -0.2) is 0 Å². The van der Waals surface area contributed by atoms with Crippen LogP contribution in [0.15, 0.2) is 0 Å². The zero-order valence-corrected chi connectivity index (χ0v) is 24.4. The van der Waals surface area contributed by atoms with Crippen LogP contribution in [-0.4, -0.2) is 13.1 Å². The molecule has 196 valence electrons. The van der Waals surface area contributed by atoms with Gasteiger partial charge in [0.25, 0.3) is 0 Å². The molecule has 4 saturated carbocycles. The number of ether oxygens (including phenoxy) is 1. The van der Waals surface area contributed by atoms with E-state index in [1.165, 1.54) is 64.2 Å². The molecule has 0 aliphatic heterocycles. The molecule has 34 heavy (non-hydrogen) atoms. The van der Waals surface area contributed by atoms with E-state index in [0.717, 1.165) is 18.3 Å². The number of hydrogen-bond acceptors (Lipinski definition) is 2. The van der Waals surface area contributed by atoms with Crippen LogP contribution in [0.5, 0.6) is 0 Å². The van der Waals surface area contributed by atoms with Crippen LogP contribution in [0.25, 0.3) is 0 Å². The summed E-state index contributed by atoms with van der Waals surface area (Å²) in [5.74, 6) is 2.18. The lowest BCUT2D eigenvalue weighted by molar-refractivity contribution is -0.252. The molecule has 0 spiro atoms. The minimum atomic E-state index is -0.0195. The van der Waals surface area contributed by atoms with E-state index < -0.39 is 0 Å². The first-order chi connectivity index (χ1) is 15.6. The first-order valence-electron chi connectivity index (χ1n) is 14.7. The predicted molar refractivity (Wildman–Crippen MR) is 142 cm³/mol. The molecule has 0 heterocycles. The van der Waals surface area contributed by atoms with Crippen LogP contribution >= 0.6 is 0 Å². The molecule has 0 aromatic carbocycles. The van der Waals surface area contributed by atoms with Gasteiger partial charge in [0.2, 0.25) is 0 Å². The number of carbonyl (C=O) groups is 1. The molecule has 0 aromatic heterocycles. The summed E-state index contributed by atoms with van der Waals surface area (Å²) in [6.07, 6.45) is 14.7. The number of methoxy groups -OCH3 is 1. The van der Waals surface area contributed by atoms with Crippen molar-refractivity contribution in [1.29, 1.82) is 0 Å². The first kappa shape index (κ1) is 26.5. The molecule has 0 saturated heterocycles. The molecule has 2 heteroatoms. The van der Waals surface area contributed by atoms with Gasteiger partial charge in [-0.15, -0.1) is 0 Å². The fourth-order valence-corrected chi connectivity index (χ4v) is 10.8.